The number of pyridine rings is 1. The maximum atomic E-state index is 11.2. The van der Waals surface area contributed by atoms with E-state index in [2.05, 4.69) is 15.0 Å². The van der Waals surface area contributed by atoms with Crippen LogP contribution in [0.25, 0.3) is 0 Å². The molecule has 0 spiro atoms. The summed E-state index contributed by atoms with van der Waals surface area (Å²) in [6.07, 6.45) is 3.27. The zero-order chi connectivity index (χ0) is 12.0. The first-order chi connectivity index (χ1) is 7.67. The number of hydrogen-bond acceptors (Lipinski definition) is 5. The number of likely N-dealkylation sites (N-methyl/N-ethyl adjacent to an activating group) is 1. The Morgan fingerprint density at radius 1 is 1.62 bits per heavy atom. The largest absolute Gasteiger partial charge is 0.506 e. The van der Waals surface area contributed by atoms with E-state index in [4.69, 9.17) is 0 Å². The van der Waals surface area contributed by atoms with Crippen molar-refractivity contribution in [2.75, 3.05) is 20.7 Å². The number of carbonyl (C=O) groups is 1. The Morgan fingerprint density at radius 2 is 2.38 bits per heavy atom. The molecule has 0 fully saturated rings. The van der Waals surface area contributed by atoms with Gasteiger partial charge in [0.05, 0.1) is 19.7 Å². The predicted molar refractivity (Wildman–Crippen MR) is 59.2 cm³/mol. The number of hydrogen-bond donors (Lipinski definition) is 2. The highest BCUT2D eigenvalue weighted by atomic mass is 16.5. The van der Waals surface area contributed by atoms with Crippen molar-refractivity contribution in [3.63, 3.8) is 0 Å². The van der Waals surface area contributed by atoms with E-state index in [1.54, 1.807) is 19.3 Å². The van der Waals surface area contributed by atoms with Crippen molar-refractivity contribution in [2.24, 2.45) is 0 Å². The molecular formula is C11H16N2O3. The second kappa shape index (κ2) is 6.07. The molecule has 0 saturated carbocycles. The Hall–Kier alpha value is -1.62. The summed E-state index contributed by atoms with van der Waals surface area (Å²) in [6, 6.07) is 1.61. The Morgan fingerprint density at radius 3 is 2.94 bits per heavy atom. The normalized spacial score (nSPS) is 12.1. The van der Waals surface area contributed by atoms with Gasteiger partial charge in [-0.2, -0.15) is 0 Å². The van der Waals surface area contributed by atoms with Crippen LogP contribution < -0.4 is 5.32 Å². The highest BCUT2D eigenvalue weighted by molar-refractivity contribution is 5.70. The summed E-state index contributed by atoms with van der Waals surface area (Å²) in [5, 5.41) is 12.3. The van der Waals surface area contributed by atoms with Crippen LogP contribution in [0, 0.1) is 0 Å². The Kier molecular flexibility index (Phi) is 4.72. The second-order valence-corrected chi connectivity index (χ2v) is 3.51. The van der Waals surface area contributed by atoms with Gasteiger partial charge in [-0.1, -0.05) is 0 Å². The molecule has 0 amide bonds. The van der Waals surface area contributed by atoms with Gasteiger partial charge in [0, 0.05) is 18.7 Å². The smallest absolute Gasteiger partial charge is 0.306 e. The number of aromatic hydroxyl groups is 1. The van der Waals surface area contributed by atoms with Crippen LogP contribution >= 0.6 is 0 Å². The summed E-state index contributed by atoms with van der Waals surface area (Å²) in [5.74, 6) is -0.218. The van der Waals surface area contributed by atoms with Crippen LogP contribution in [0.15, 0.2) is 18.5 Å². The van der Waals surface area contributed by atoms with Crippen LogP contribution in [0.5, 0.6) is 5.75 Å². The SMILES string of the molecule is CNC[C@@H](CC(=O)OC)c1cncc(O)c1. The third-order valence-electron chi connectivity index (χ3n) is 2.31. The van der Waals surface area contributed by atoms with Crippen molar-refractivity contribution in [3.8, 4) is 5.75 Å². The summed E-state index contributed by atoms with van der Waals surface area (Å²) in [5.41, 5.74) is 0.819. The molecule has 5 nitrogen and oxygen atoms in total. The molecule has 88 valence electrons. The van der Waals surface area contributed by atoms with E-state index in [9.17, 15) is 9.90 Å². The quantitative estimate of drug-likeness (QED) is 0.719. The molecule has 0 aliphatic heterocycles. The maximum absolute atomic E-state index is 11.2. The lowest BCUT2D eigenvalue weighted by Gasteiger charge is -2.15. The number of methoxy groups -OCH3 is 1. The highest BCUT2D eigenvalue weighted by Gasteiger charge is 2.16. The van der Waals surface area contributed by atoms with E-state index >= 15 is 0 Å². The van der Waals surface area contributed by atoms with Crippen LogP contribution in [0.1, 0.15) is 17.9 Å². The molecule has 0 unspecified atom stereocenters. The minimum atomic E-state index is -0.274. The first kappa shape index (κ1) is 12.4. The van der Waals surface area contributed by atoms with E-state index in [-0.39, 0.29) is 24.1 Å². The van der Waals surface area contributed by atoms with Crippen molar-refractivity contribution in [1.82, 2.24) is 10.3 Å². The van der Waals surface area contributed by atoms with E-state index in [0.717, 1.165) is 5.56 Å². The fourth-order valence-corrected chi connectivity index (χ4v) is 1.51. The van der Waals surface area contributed by atoms with Crippen LogP contribution in [0.2, 0.25) is 0 Å². The fraction of sp³-hybridized carbons (Fsp3) is 0.455. The Bertz CT molecular complexity index is 355. The molecule has 0 aliphatic carbocycles. The van der Waals surface area contributed by atoms with Gasteiger partial charge in [0.15, 0.2) is 0 Å². The topological polar surface area (TPSA) is 71.5 Å². The van der Waals surface area contributed by atoms with Gasteiger partial charge in [0.1, 0.15) is 5.75 Å². The molecule has 1 aromatic heterocycles. The molecule has 1 rings (SSSR count). The third kappa shape index (κ3) is 3.51. The molecule has 0 saturated heterocycles. The van der Waals surface area contributed by atoms with Crippen molar-refractivity contribution >= 4 is 5.97 Å². The lowest BCUT2D eigenvalue weighted by molar-refractivity contribution is -0.141. The molecule has 5 heteroatoms. The third-order valence-corrected chi connectivity index (χ3v) is 2.31. The lowest BCUT2D eigenvalue weighted by Crippen LogP contribution is -2.20. The number of rotatable bonds is 5. The van der Waals surface area contributed by atoms with Gasteiger partial charge >= 0.3 is 5.97 Å². The van der Waals surface area contributed by atoms with E-state index < -0.39 is 0 Å². The Labute approximate surface area is 94.5 Å². The summed E-state index contributed by atoms with van der Waals surface area (Å²) < 4.78 is 4.63. The van der Waals surface area contributed by atoms with Crippen LogP contribution in [0.4, 0.5) is 0 Å². The zero-order valence-corrected chi connectivity index (χ0v) is 9.43. The summed E-state index contributed by atoms with van der Waals surface area (Å²) in [6.45, 7) is 0.625. The van der Waals surface area contributed by atoms with E-state index in [1.165, 1.54) is 13.3 Å². The number of nitrogens with zero attached hydrogens (tertiary/aromatic N) is 1. The van der Waals surface area contributed by atoms with Gasteiger partial charge in [-0.3, -0.25) is 9.78 Å². The standard InChI is InChI=1S/C11H16N2O3/c1-12-5-9(4-11(15)16-2)8-3-10(14)7-13-6-8/h3,6-7,9,12,14H,4-5H2,1-2H3/t9-/m1/s1. The number of esters is 1. The Balaban J connectivity index is 2.80. The molecule has 16 heavy (non-hydrogen) atoms. The van der Waals surface area contributed by atoms with Gasteiger partial charge in [0.2, 0.25) is 0 Å². The summed E-state index contributed by atoms with van der Waals surface area (Å²) in [4.78, 5) is 15.1. The van der Waals surface area contributed by atoms with E-state index in [0.29, 0.717) is 6.54 Å². The molecule has 0 aliphatic rings. The van der Waals surface area contributed by atoms with Crippen molar-refractivity contribution < 1.29 is 14.6 Å². The molecule has 1 aromatic rings. The van der Waals surface area contributed by atoms with Crippen LogP contribution in [-0.2, 0) is 9.53 Å². The first-order valence-corrected chi connectivity index (χ1v) is 5.02. The van der Waals surface area contributed by atoms with Crippen molar-refractivity contribution in [1.29, 1.82) is 0 Å². The molecular weight excluding hydrogens is 208 g/mol. The summed E-state index contributed by atoms with van der Waals surface area (Å²) >= 11 is 0. The first-order valence-electron chi connectivity index (χ1n) is 5.02. The molecule has 1 atom stereocenters. The molecule has 0 aromatic carbocycles. The van der Waals surface area contributed by atoms with Crippen LogP contribution in [0.3, 0.4) is 0 Å². The summed E-state index contributed by atoms with van der Waals surface area (Å²) in [7, 11) is 3.17. The van der Waals surface area contributed by atoms with Gasteiger partial charge in [0.25, 0.3) is 0 Å². The van der Waals surface area contributed by atoms with Gasteiger partial charge < -0.3 is 15.2 Å². The molecule has 2 N–H and O–H groups in total. The van der Waals surface area contributed by atoms with Gasteiger partial charge in [-0.05, 0) is 18.7 Å². The fourth-order valence-electron chi connectivity index (χ4n) is 1.51. The van der Waals surface area contributed by atoms with Gasteiger partial charge in [-0.15, -0.1) is 0 Å². The lowest BCUT2D eigenvalue weighted by atomic mass is 9.97. The van der Waals surface area contributed by atoms with E-state index in [1.807, 2.05) is 0 Å². The van der Waals surface area contributed by atoms with Crippen molar-refractivity contribution in [3.05, 3.63) is 24.0 Å². The average molecular weight is 224 g/mol. The number of ether oxygens (including phenoxy) is 1. The predicted octanol–water partition coefficient (Wildman–Crippen LogP) is 0.653. The average Bonchev–Trinajstić information content (AvgIpc) is 2.28. The molecule has 0 radical (unpaired) electrons. The molecule has 0 bridgehead atoms. The number of aromatic nitrogens is 1. The molecule has 1 heterocycles. The minimum Gasteiger partial charge on any atom is -0.506 e. The van der Waals surface area contributed by atoms with Crippen LogP contribution in [-0.4, -0.2) is 36.8 Å². The van der Waals surface area contributed by atoms with Gasteiger partial charge in [-0.25, -0.2) is 0 Å². The minimum absolute atomic E-state index is 0.0444. The monoisotopic (exact) mass is 224 g/mol. The zero-order valence-electron chi connectivity index (χ0n) is 9.43. The highest BCUT2D eigenvalue weighted by Crippen LogP contribution is 2.21. The second-order valence-electron chi connectivity index (χ2n) is 3.51. The number of nitrogens with one attached hydrogen (secondary N) is 1. The number of carbonyl (C=O) groups excluding carboxylic acids is 1. The van der Waals surface area contributed by atoms with Crippen molar-refractivity contribution in [2.45, 2.75) is 12.3 Å². The maximum Gasteiger partial charge on any atom is 0.306 e.